The highest BCUT2D eigenvalue weighted by atomic mass is 32.2. The van der Waals surface area contributed by atoms with Crippen LogP contribution >= 0.6 is 0 Å². The van der Waals surface area contributed by atoms with Crippen molar-refractivity contribution in [2.45, 2.75) is 17.9 Å². The van der Waals surface area contributed by atoms with Crippen LogP contribution in [0.15, 0.2) is 29.2 Å². The third-order valence-electron chi connectivity index (χ3n) is 3.08. The Hall–Kier alpha value is -1.56. The summed E-state index contributed by atoms with van der Waals surface area (Å²) in [7, 11) is -3.17. The van der Waals surface area contributed by atoms with Gasteiger partial charge in [0.15, 0.2) is 9.84 Å². The Balaban J connectivity index is 2.19. The zero-order chi connectivity index (χ0) is 13.3. The van der Waals surface area contributed by atoms with Crippen LogP contribution in [0.5, 0.6) is 0 Å². The molecule has 1 aromatic rings. The van der Waals surface area contributed by atoms with Crippen LogP contribution in [0.25, 0.3) is 0 Å². The van der Waals surface area contributed by atoms with Crippen LogP contribution in [-0.2, 0) is 9.84 Å². The molecule has 1 aliphatic rings. The van der Waals surface area contributed by atoms with E-state index in [-0.39, 0.29) is 12.1 Å². The van der Waals surface area contributed by atoms with Crippen LogP contribution < -0.4 is 5.32 Å². The van der Waals surface area contributed by atoms with E-state index in [2.05, 4.69) is 5.32 Å². The lowest BCUT2D eigenvalue weighted by Gasteiger charge is -2.11. The molecule has 98 valence electrons. The van der Waals surface area contributed by atoms with Crippen LogP contribution in [0.4, 0.5) is 4.79 Å². The molecule has 0 bridgehead atoms. The van der Waals surface area contributed by atoms with Crippen molar-refractivity contribution in [1.82, 2.24) is 10.2 Å². The normalized spacial score (nSPS) is 20.0. The van der Waals surface area contributed by atoms with Gasteiger partial charge in [-0.25, -0.2) is 13.2 Å². The molecule has 1 unspecified atom stereocenters. The van der Waals surface area contributed by atoms with Crippen molar-refractivity contribution in [3.63, 3.8) is 0 Å². The Labute approximate surface area is 107 Å². The molecule has 5 nitrogen and oxygen atoms in total. The molecule has 1 atom stereocenters. The van der Waals surface area contributed by atoms with Gasteiger partial charge in [-0.15, -0.1) is 0 Å². The second-order valence-corrected chi connectivity index (χ2v) is 6.40. The van der Waals surface area contributed by atoms with Gasteiger partial charge in [0, 0.05) is 19.3 Å². The van der Waals surface area contributed by atoms with Crippen molar-refractivity contribution in [3.05, 3.63) is 29.8 Å². The van der Waals surface area contributed by atoms with E-state index in [0.29, 0.717) is 18.0 Å². The topological polar surface area (TPSA) is 66.5 Å². The van der Waals surface area contributed by atoms with Crippen LogP contribution in [0.1, 0.15) is 18.5 Å². The molecular weight excluding hydrogens is 252 g/mol. The fourth-order valence-corrected chi connectivity index (χ4v) is 2.63. The van der Waals surface area contributed by atoms with Crippen molar-refractivity contribution in [2.75, 3.05) is 19.3 Å². The highest BCUT2D eigenvalue weighted by Gasteiger charge is 2.28. The summed E-state index contributed by atoms with van der Waals surface area (Å²) >= 11 is 0. The van der Waals surface area contributed by atoms with E-state index in [1.165, 1.54) is 6.26 Å². The number of sulfone groups is 1. The highest BCUT2D eigenvalue weighted by Crippen LogP contribution is 2.21. The summed E-state index contributed by atoms with van der Waals surface area (Å²) in [5.41, 5.74) is 0.923. The lowest BCUT2D eigenvalue weighted by molar-refractivity contribution is 0.219. The first-order valence-electron chi connectivity index (χ1n) is 5.77. The molecule has 1 aliphatic heterocycles. The largest absolute Gasteiger partial charge is 0.329 e. The number of hydrogen-bond donors (Lipinski definition) is 1. The van der Waals surface area contributed by atoms with Crippen molar-refractivity contribution in [2.24, 2.45) is 0 Å². The standard InChI is InChI=1S/C12H16N2O3S/c1-3-14-8-11(13-12(14)15)9-4-6-10(7-5-9)18(2,16)17/h4-7,11H,3,8H2,1-2H3,(H,13,15). The van der Waals surface area contributed by atoms with Gasteiger partial charge < -0.3 is 10.2 Å². The summed E-state index contributed by atoms with van der Waals surface area (Å²) in [5.74, 6) is 0. The van der Waals surface area contributed by atoms with E-state index in [0.717, 1.165) is 5.56 Å². The minimum Gasteiger partial charge on any atom is -0.329 e. The van der Waals surface area contributed by atoms with Gasteiger partial charge in [0.1, 0.15) is 0 Å². The maximum Gasteiger partial charge on any atom is 0.318 e. The summed E-state index contributed by atoms with van der Waals surface area (Å²) in [6.07, 6.45) is 1.18. The number of nitrogens with one attached hydrogen (secondary N) is 1. The first-order chi connectivity index (χ1) is 8.41. The zero-order valence-electron chi connectivity index (χ0n) is 10.4. The summed E-state index contributed by atoms with van der Waals surface area (Å²) in [6, 6.07) is 6.51. The highest BCUT2D eigenvalue weighted by molar-refractivity contribution is 7.90. The molecule has 0 saturated carbocycles. The molecule has 1 N–H and O–H groups in total. The number of amides is 2. The third kappa shape index (κ3) is 2.48. The maximum absolute atomic E-state index is 11.5. The van der Waals surface area contributed by atoms with Crippen LogP contribution in [0.2, 0.25) is 0 Å². The number of benzene rings is 1. The van der Waals surface area contributed by atoms with Crippen molar-refractivity contribution in [1.29, 1.82) is 0 Å². The predicted molar refractivity (Wildman–Crippen MR) is 68.1 cm³/mol. The number of carbonyl (C=O) groups excluding carboxylic acids is 1. The van der Waals surface area contributed by atoms with Gasteiger partial charge in [0.05, 0.1) is 10.9 Å². The number of carbonyl (C=O) groups is 1. The molecule has 6 heteroatoms. The van der Waals surface area contributed by atoms with Gasteiger partial charge in [0.25, 0.3) is 0 Å². The van der Waals surface area contributed by atoms with E-state index in [9.17, 15) is 13.2 Å². The smallest absolute Gasteiger partial charge is 0.318 e. The van der Waals surface area contributed by atoms with Gasteiger partial charge in [-0.05, 0) is 24.6 Å². The van der Waals surface area contributed by atoms with E-state index in [1.807, 2.05) is 6.92 Å². The summed E-state index contributed by atoms with van der Waals surface area (Å²) in [5, 5.41) is 2.87. The van der Waals surface area contributed by atoms with Crippen LogP contribution in [-0.4, -0.2) is 38.7 Å². The monoisotopic (exact) mass is 268 g/mol. The van der Waals surface area contributed by atoms with Gasteiger partial charge in [0.2, 0.25) is 0 Å². The van der Waals surface area contributed by atoms with E-state index < -0.39 is 9.84 Å². The third-order valence-corrected chi connectivity index (χ3v) is 4.21. The SMILES string of the molecule is CCN1CC(c2ccc(S(C)(=O)=O)cc2)NC1=O. The van der Waals surface area contributed by atoms with Gasteiger partial charge in [-0.2, -0.15) is 0 Å². The maximum atomic E-state index is 11.5. The molecule has 0 aliphatic carbocycles. The quantitative estimate of drug-likeness (QED) is 0.895. The molecule has 0 spiro atoms. The summed E-state index contributed by atoms with van der Waals surface area (Å²) in [4.78, 5) is 13.5. The molecule has 0 aromatic heterocycles. The van der Waals surface area contributed by atoms with Gasteiger partial charge >= 0.3 is 6.03 Å². The molecule has 2 amide bonds. The van der Waals surface area contributed by atoms with Crippen LogP contribution in [0, 0.1) is 0 Å². The fraction of sp³-hybridized carbons (Fsp3) is 0.417. The fourth-order valence-electron chi connectivity index (χ4n) is 2.00. The Morgan fingerprint density at radius 3 is 2.39 bits per heavy atom. The molecule has 1 heterocycles. The summed E-state index contributed by atoms with van der Waals surface area (Å²) < 4.78 is 22.7. The predicted octanol–water partition coefficient (Wildman–Crippen LogP) is 1.18. The first kappa shape index (κ1) is 12.9. The Morgan fingerprint density at radius 1 is 1.33 bits per heavy atom. The number of rotatable bonds is 3. The van der Waals surface area contributed by atoms with Crippen molar-refractivity contribution < 1.29 is 13.2 Å². The number of hydrogen-bond acceptors (Lipinski definition) is 3. The van der Waals surface area contributed by atoms with Crippen LogP contribution in [0.3, 0.4) is 0 Å². The molecule has 1 fully saturated rings. The van der Waals surface area contributed by atoms with E-state index >= 15 is 0 Å². The molecular formula is C12H16N2O3S. The number of urea groups is 1. The Bertz CT molecular complexity index is 551. The Kier molecular flexibility index (Phi) is 3.30. The number of nitrogens with zero attached hydrogens (tertiary/aromatic N) is 1. The molecule has 1 saturated heterocycles. The lowest BCUT2D eigenvalue weighted by Crippen LogP contribution is -2.27. The molecule has 0 radical (unpaired) electrons. The molecule has 1 aromatic carbocycles. The molecule has 2 rings (SSSR count). The second kappa shape index (κ2) is 4.61. The summed E-state index contributed by atoms with van der Waals surface area (Å²) in [6.45, 7) is 3.21. The average molecular weight is 268 g/mol. The minimum atomic E-state index is -3.17. The van der Waals surface area contributed by atoms with Gasteiger partial charge in [-0.1, -0.05) is 12.1 Å². The van der Waals surface area contributed by atoms with E-state index in [4.69, 9.17) is 0 Å². The van der Waals surface area contributed by atoms with Crippen molar-refractivity contribution >= 4 is 15.9 Å². The Morgan fingerprint density at radius 2 is 1.94 bits per heavy atom. The first-order valence-corrected chi connectivity index (χ1v) is 7.66. The van der Waals surface area contributed by atoms with Crippen molar-refractivity contribution in [3.8, 4) is 0 Å². The minimum absolute atomic E-state index is 0.0638. The molecule has 18 heavy (non-hydrogen) atoms. The average Bonchev–Trinajstić information content (AvgIpc) is 2.69. The second-order valence-electron chi connectivity index (χ2n) is 4.38. The van der Waals surface area contributed by atoms with Gasteiger partial charge in [-0.3, -0.25) is 0 Å². The van der Waals surface area contributed by atoms with E-state index in [1.54, 1.807) is 29.2 Å². The number of likely N-dealkylation sites (N-methyl/N-ethyl adjacent to an activating group) is 1. The lowest BCUT2D eigenvalue weighted by atomic mass is 10.1. The zero-order valence-corrected chi connectivity index (χ0v) is 11.2.